The molecule has 4 aliphatic rings. The van der Waals surface area contributed by atoms with Gasteiger partial charge in [0.2, 0.25) is 0 Å². The predicted molar refractivity (Wildman–Crippen MR) is 126 cm³/mol. The molecule has 8 nitrogen and oxygen atoms in total. The number of nitrogens with one attached hydrogen (secondary N) is 3. The van der Waals surface area contributed by atoms with Crippen LogP contribution in [-0.2, 0) is 0 Å². The first-order valence-electron chi connectivity index (χ1n) is 11.8. The van der Waals surface area contributed by atoms with Gasteiger partial charge in [-0.3, -0.25) is 9.59 Å². The molecule has 0 spiro atoms. The number of benzene rings is 1. The van der Waals surface area contributed by atoms with Crippen molar-refractivity contribution in [3.63, 3.8) is 0 Å². The molecule has 4 aliphatic carbocycles. The zero-order chi connectivity index (χ0) is 22.6. The van der Waals surface area contributed by atoms with Gasteiger partial charge in [-0.15, -0.1) is 0 Å². The summed E-state index contributed by atoms with van der Waals surface area (Å²) in [4.78, 5) is 24.5. The van der Waals surface area contributed by atoms with Crippen LogP contribution in [0.1, 0.15) is 54.6 Å². The minimum Gasteiger partial charge on any atom is -0.378 e. The molecule has 1 amide bonds. The zero-order valence-electron chi connectivity index (χ0n) is 18.7. The molecule has 4 bridgehead atoms. The number of rotatable bonds is 5. The van der Waals surface area contributed by atoms with Crippen LogP contribution >= 0.6 is 0 Å². The van der Waals surface area contributed by atoms with Gasteiger partial charge in [-0.05, 0) is 81.4 Å². The van der Waals surface area contributed by atoms with Gasteiger partial charge in [0.25, 0.3) is 11.5 Å². The second-order valence-electron chi connectivity index (χ2n) is 10.2. The van der Waals surface area contributed by atoms with E-state index >= 15 is 0 Å². The van der Waals surface area contributed by atoms with Crippen molar-refractivity contribution < 1.29 is 4.79 Å². The monoisotopic (exact) mass is 444 g/mol. The fraction of sp³-hybridized carbons (Fsp3) is 0.440. The SMILES string of the molecule is Cc1c(C(=O)Nc2ccccc2NC23CC4CC(CC(C4)C2)C3)cnn1-c1ccc(=O)[nH]n1. The second kappa shape index (κ2) is 7.57. The van der Waals surface area contributed by atoms with Crippen LogP contribution in [-0.4, -0.2) is 31.4 Å². The van der Waals surface area contributed by atoms with E-state index in [1.165, 1.54) is 50.8 Å². The van der Waals surface area contributed by atoms with Crippen LogP contribution in [0.3, 0.4) is 0 Å². The first-order valence-corrected chi connectivity index (χ1v) is 11.8. The first-order chi connectivity index (χ1) is 16.0. The van der Waals surface area contributed by atoms with Crippen molar-refractivity contribution in [2.24, 2.45) is 17.8 Å². The van der Waals surface area contributed by atoms with Gasteiger partial charge in [0.05, 0.1) is 28.8 Å². The molecule has 3 aromatic rings. The number of carbonyl (C=O) groups is 1. The highest BCUT2D eigenvalue weighted by atomic mass is 16.1. The average molecular weight is 445 g/mol. The van der Waals surface area contributed by atoms with Crippen molar-refractivity contribution >= 4 is 17.3 Å². The highest BCUT2D eigenvalue weighted by Gasteiger charge is 2.51. The summed E-state index contributed by atoms with van der Waals surface area (Å²) in [5.74, 6) is 2.78. The molecular weight excluding hydrogens is 416 g/mol. The van der Waals surface area contributed by atoms with E-state index in [1.54, 1.807) is 10.7 Å². The van der Waals surface area contributed by atoms with Crippen molar-refractivity contribution in [1.29, 1.82) is 0 Å². The van der Waals surface area contributed by atoms with E-state index in [-0.39, 0.29) is 17.0 Å². The second-order valence-corrected chi connectivity index (χ2v) is 10.2. The largest absolute Gasteiger partial charge is 0.378 e. The summed E-state index contributed by atoms with van der Waals surface area (Å²) < 4.78 is 1.55. The Balaban J connectivity index is 1.23. The van der Waals surface area contributed by atoms with E-state index < -0.39 is 0 Å². The topological polar surface area (TPSA) is 105 Å². The molecular formula is C25H28N6O2. The molecule has 0 aliphatic heterocycles. The number of hydrogen-bond donors (Lipinski definition) is 3. The van der Waals surface area contributed by atoms with Crippen molar-refractivity contribution in [1.82, 2.24) is 20.0 Å². The Morgan fingerprint density at radius 1 is 1.03 bits per heavy atom. The Morgan fingerprint density at radius 2 is 1.70 bits per heavy atom. The number of aromatic nitrogens is 4. The highest BCUT2D eigenvalue weighted by Crippen LogP contribution is 2.56. The van der Waals surface area contributed by atoms with Gasteiger partial charge in [0.15, 0.2) is 5.82 Å². The Kier molecular flexibility index (Phi) is 4.64. The van der Waals surface area contributed by atoms with Gasteiger partial charge in [0, 0.05) is 11.6 Å². The number of para-hydroxylation sites is 2. The molecule has 2 aromatic heterocycles. The number of anilines is 2. The predicted octanol–water partition coefficient (Wildman–Crippen LogP) is 3.90. The summed E-state index contributed by atoms with van der Waals surface area (Å²) in [5.41, 5.74) is 2.76. The van der Waals surface area contributed by atoms with Gasteiger partial charge in [0.1, 0.15) is 0 Å². The molecule has 7 rings (SSSR count). The lowest BCUT2D eigenvalue weighted by Crippen LogP contribution is -2.54. The van der Waals surface area contributed by atoms with Crippen LogP contribution in [0.5, 0.6) is 0 Å². The van der Waals surface area contributed by atoms with E-state index in [9.17, 15) is 9.59 Å². The molecule has 0 unspecified atom stereocenters. The molecule has 2 heterocycles. The Morgan fingerprint density at radius 3 is 2.33 bits per heavy atom. The van der Waals surface area contributed by atoms with Crippen molar-refractivity contribution in [3.8, 4) is 5.82 Å². The third kappa shape index (κ3) is 3.63. The molecule has 4 fully saturated rings. The summed E-state index contributed by atoms with van der Waals surface area (Å²) in [5, 5.41) is 17.7. The third-order valence-corrected chi connectivity index (χ3v) is 7.75. The Bertz CT molecular complexity index is 1220. The van der Waals surface area contributed by atoms with Crippen LogP contribution in [0.2, 0.25) is 0 Å². The van der Waals surface area contributed by atoms with E-state index in [4.69, 9.17) is 0 Å². The van der Waals surface area contributed by atoms with Gasteiger partial charge >= 0.3 is 0 Å². The third-order valence-electron chi connectivity index (χ3n) is 7.75. The van der Waals surface area contributed by atoms with Crippen LogP contribution in [0.15, 0.2) is 47.4 Å². The Hall–Kier alpha value is -3.42. The molecule has 3 N–H and O–H groups in total. The van der Waals surface area contributed by atoms with Crippen LogP contribution in [0.4, 0.5) is 11.4 Å². The Labute approximate surface area is 191 Å². The summed E-state index contributed by atoms with van der Waals surface area (Å²) in [6.45, 7) is 1.81. The fourth-order valence-electron chi connectivity index (χ4n) is 6.76. The quantitative estimate of drug-likeness (QED) is 0.554. The number of amides is 1. The number of hydrogen-bond acceptors (Lipinski definition) is 5. The number of aromatic amines is 1. The lowest BCUT2D eigenvalue weighted by Gasteiger charge is -2.57. The summed E-state index contributed by atoms with van der Waals surface area (Å²) in [7, 11) is 0. The minimum absolute atomic E-state index is 0.159. The van der Waals surface area contributed by atoms with Crippen molar-refractivity contribution in [3.05, 3.63) is 64.2 Å². The number of nitrogens with zero attached hydrogens (tertiary/aromatic N) is 3. The smallest absolute Gasteiger partial charge is 0.264 e. The van der Waals surface area contributed by atoms with Crippen LogP contribution in [0.25, 0.3) is 5.82 Å². The number of H-pyrrole nitrogens is 1. The summed E-state index contributed by atoms with van der Waals surface area (Å²) in [6.07, 6.45) is 9.43. The highest BCUT2D eigenvalue weighted by molar-refractivity contribution is 6.06. The summed E-state index contributed by atoms with van der Waals surface area (Å²) >= 11 is 0. The van der Waals surface area contributed by atoms with Gasteiger partial charge in [-0.1, -0.05) is 12.1 Å². The molecule has 0 saturated heterocycles. The van der Waals surface area contributed by atoms with E-state index in [0.717, 1.165) is 29.1 Å². The molecule has 0 radical (unpaired) electrons. The molecule has 1 aromatic carbocycles. The average Bonchev–Trinajstić information content (AvgIpc) is 3.16. The lowest BCUT2D eigenvalue weighted by atomic mass is 9.53. The van der Waals surface area contributed by atoms with Crippen LogP contribution in [0, 0.1) is 24.7 Å². The molecule has 33 heavy (non-hydrogen) atoms. The summed E-state index contributed by atoms with van der Waals surface area (Å²) in [6, 6.07) is 10.9. The minimum atomic E-state index is -0.287. The zero-order valence-corrected chi connectivity index (χ0v) is 18.7. The maximum atomic E-state index is 13.2. The lowest BCUT2D eigenvalue weighted by molar-refractivity contribution is 0.0107. The first kappa shape index (κ1) is 20.2. The number of carbonyl (C=O) groups excluding carboxylic acids is 1. The molecule has 170 valence electrons. The standard InChI is InChI=1S/C25H28N6O2/c1-15-19(14-26-31(15)22-6-7-23(32)30-29-22)24(33)27-20-4-2-3-5-21(20)28-25-11-16-8-17(12-25)10-18(9-16)13-25/h2-7,14,16-18,28H,8-13H2,1H3,(H,27,33)(H,30,32). The van der Waals surface area contributed by atoms with Gasteiger partial charge in [-0.2, -0.15) is 10.2 Å². The fourth-order valence-corrected chi connectivity index (χ4v) is 6.76. The molecule has 8 heteroatoms. The van der Waals surface area contributed by atoms with Crippen molar-refractivity contribution in [2.75, 3.05) is 10.6 Å². The van der Waals surface area contributed by atoms with Gasteiger partial charge in [-0.25, -0.2) is 9.78 Å². The van der Waals surface area contributed by atoms with Gasteiger partial charge < -0.3 is 10.6 Å². The van der Waals surface area contributed by atoms with Crippen molar-refractivity contribution in [2.45, 2.75) is 51.0 Å². The molecule has 0 atom stereocenters. The maximum Gasteiger partial charge on any atom is 0.264 e. The van der Waals surface area contributed by atoms with E-state index in [0.29, 0.717) is 17.1 Å². The van der Waals surface area contributed by atoms with E-state index in [1.807, 2.05) is 25.1 Å². The normalized spacial score (nSPS) is 27.5. The van der Waals surface area contributed by atoms with E-state index in [2.05, 4.69) is 32.0 Å². The van der Waals surface area contributed by atoms with Crippen LogP contribution < -0.4 is 16.2 Å². The maximum absolute atomic E-state index is 13.2. The molecule has 4 saturated carbocycles.